The van der Waals surface area contributed by atoms with Crippen LogP contribution in [0.3, 0.4) is 0 Å². The van der Waals surface area contributed by atoms with Crippen LogP contribution in [-0.4, -0.2) is 17.9 Å². The van der Waals surface area contributed by atoms with E-state index in [-0.39, 0.29) is 5.56 Å². The Balaban J connectivity index is 2.36. The maximum absolute atomic E-state index is 12.7. The van der Waals surface area contributed by atoms with Crippen LogP contribution in [0.25, 0.3) is 10.1 Å². The highest BCUT2D eigenvalue weighted by molar-refractivity contribution is 14.1. The van der Waals surface area contributed by atoms with Crippen molar-refractivity contribution in [3.63, 3.8) is 0 Å². The molecule has 1 aromatic heterocycles. The van der Waals surface area contributed by atoms with Crippen LogP contribution in [0.5, 0.6) is 0 Å². The molecule has 0 saturated heterocycles. The van der Waals surface area contributed by atoms with Crippen LogP contribution in [0.15, 0.2) is 18.2 Å². The van der Waals surface area contributed by atoms with Gasteiger partial charge in [-0.15, -0.1) is 11.3 Å². The molecule has 0 atom stereocenters. The van der Waals surface area contributed by atoms with E-state index in [1.54, 1.807) is 39.0 Å². The van der Waals surface area contributed by atoms with E-state index in [0.717, 1.165) is 0 Å². The number of anilines is 1. The largest absolute Gasteiger partial charge is 0.444 e. The molecule has 2 rings (SSSR count). The molecule has 0 aliphatic heterocycles. The minimum Gasteiger partial charge on any atom is -0.444 e. The number of amides is 1. The monoisotopic (exact) mass is 457 g/mol. The second-order valence-corrected chi connectivity index (χ2v) is 8.79. The minimum atomic E-state index is -4.28. The predicted octanol–water partition coefficient (Wildman–Crippen LogP) is 5.96. The number of hydrogen-bond acceptors (Lipinski definition) is 3. The zero-order valence-corrected chi connectivity index (χ0v) is 15.6. The Bertz CT molecular complexity index is 735. The Morgan fingerprint density at radius 1 is 1.30 bits per heavy atom. The Kier molecular flexibility index (Phi) is 5.15. The van der Waals surface area contributed by atoms with Crippen LogP contribution in [-0.2, 0) is 11.2 Å². The molecule has 0 radical (unpaired) electrons. The number of fused-ring (bicyclic) bond motifs is 1. The van der Waals surface area contributed by atoms with Crippen molar-refractivity contribution >= 4 is 55.8 Å². The summed E-state index contributed by atoms with van der Waals surface area (Å²) in [5.74, 6) is 0. The topological polar surface area (TPSA) is 38.3 Å². The summed E-state index contributed by atoms with van der Waals surface area (Å²) in [6, 6.07) is 4.91. The van der Waals surface area contributed by atoms with Gasteiger partial charge >= 0.3 is 12.3 Å². The number of thiophene rings is 1. The molecule has 1 aromatic carbocycles. The van der Waals surface area contributed by atoms with Gasteiger partial charge < -0.3 is 4.74 Å². The van der Waals surface area contributed by atoms with Gasteiger partial charge in [0, 0.05) is 0 Å². The van der Waals surface area contributed by atoms with Gasteiger partial charge in [-0.05, 0) is 60.4 Å². The quantitative estimate of drug-likeness (QED) is 0.566. The van der Waals surface area contributed by atoms with Gasteiger partial charge in [0.15, 0.2) is 0 Å². The van der Waals surface area contributed by atoms with Crippen LogP contribution in [0, 0.1) is 2.88 Å². The first-order chi connectivity index (χ1) is 10.5. The molecule has 1 amide bonds. The van der Waals surface area contributed by atoms with E-state index in [2.05, 4.69) is 5.32 Å². The molecule has 0 aliphatic rings. The smallest absolute Gasteiger partial charge is 0.412 e. The van der Waals surface area contributed by atoms with E-state index in [4.69, 9.17) is 4.74 Å². The van der Waals surface area contributed by atoms with Gasteiger partial charge in [-0.2, -0.15) is 13.2 Å². The summed E-state index contributed by atoms with van der Waals surface area (Å²) < 4.78 is 44.6. The molecule has 23 heavy (non-hydrogen) atoms. The Morgan fingerprint density at radius 2 is 1.96 bits per heavy atom. The van der Waals surface area contributed by atoms with E-state index in [1.807, 2.05) is 22.6 Å². The molecule has 0 saturated carbocycles. The number of rotatable bonds is 2. The average molecular weight is 457 g/mol. The zero-order chi connectivity index (χ0) is 17.4. The summed E-state index contributed by atoms with van der Waals surface area (Å²) in [7, 11) is 0. The molecule has 3 nitrogen and oxygen atoms in total. The highest BCUT2D eigenvalue weighted by Gasteiger charge is 2.31. The molecular formula is C15H15F3INO2S. The van der Waals surface area contributed by atoms with Gasteiger partial charge in [0.2, 0.25) is 0 Å². The number of alkyl halides is 3. The van der Waals surface area contributed by atoms with Gasteiger partial charge in [-0.1, -0.05) is 12.1 Å². The molecule has 0 spiro atoms. The Hall–Kier alpha value is -1.03. The minimum absolute atomic E-state index is 0.242. The second kappa shape index (κ2) is 6.46. The normalized spacial score (nSPS) is 12.5. The lowest BCUT2D eigenvalue weighted by Crippen LogP contribution is -2.27. The summed E-state index contributed by atoms with van der Waals surface area (Å²) >= 11 is 3.12. The van der Waals surface area contributed by atoms with Gasteiger partial charge in [0.25, 0.3) is 0 Å². The number of ether oxygens (including phenoxy) is 1. The van der Waals surface area contributed by atoms with Crippen LogP contribution in [0.1, 0.15) is 26.3 Å². The van der Waals surface area contributed by atoms with Crippen molar-refractivity contribution in [2.24, 2.45) is 0 Å². The molecule has 0 fully saturated rings. The Labute approximate surface area is 149 Å². The third-order valence-electron chi connectivity index (χ3n) is 2.78. The number of benzene rings is 1. The van der Waals surface area contributed by atoms with Gasteiger partial charge in [0.1, 0.15) is 5.60 Å². The van der Waals surface area contributed by atoms with Crippen molar-refractivity contribution in [2.45, 2.75) is 39.0 Å². The lowest BCUT2D eigenvalue weighted by Gasteiger charge is -2.19. The highest BCUT2D eigenvalue weighted by atomic mass is 127. The third kappa shape index (κ3) is 4.97. The third-order valence-corrected chi connectivity index (χ3v) is 5.16. The average Bonchev–Trinajstić information content (AvgIpc) is 2.63. The first-order valence-electron chi connectivity index (χ1n) is 6.73. The fourth-order valence-corrected chi connectivity index (χ4v) is 4.18. The molecule has 0 bridgehead atoms. The Morgan fingerprint density at radius 3 is 2.52 bits per heavy atom. The summed E-state index contributed by atoms with van der Waals surface area (Å²) in [4.78, 5) is 11.9. The summed E-state index contributed by atoms with van der Waals surface area (Å²) in [5.41, 5.74) is 0.0440. The number of nitrogens with one attached hydrogen (secondary N) is 1. The van der Waals surface area contributed by atoms with E-state index in [0.29, 0.717) is 18.7 Å². The molecular weight excluding hydrogens is 442 g/mol. The van der Waals surface area contributed by atoms with Crippen molar-refractivity contribution in [2.75, 3.05) is 5.32 Å². The SMILES string of the molecule is CC(C)(C)OC(=O)Nc1cccc2c(CC(F)(F)F)c(I)sc12. The summed E-state index contributed by atoms with van der Waals surface area (Å²) in [5, 5.41) is 3.11. The fourth-order valence-electron chi connectivity index (χ4n) is 2.02. The van der Waals surface area contributed by atoms with E-state index in [9.17, 15) is 18.0 Å². The standard InChI is InChI=1S/C15H15F3INO2S/c1-14(2,3)22-13(21)20-10-6-4-5-8-9(7-15(16,17)18)12(19)23-11(8)10/h4-6H,7H2,1-3H3,(H,20,21). The van der Waals surface area contributed by atoms with Crippen molar-refractivity contribution in [3.05, 3.63) is 26.6 Å². The number of carbonyl (C=O) groups is 1. The number of hydrogen-bond donors (Lipinski definition) is 1. The molecule has 1 N–H and O–H groups in total. The van der Waals surface area contributed by atoms with Gasteiger partial charge in [0.05, 0.1) is 19.7 Å². The number of halogens is 4. The molecule has 2 aromatic rings. The second-order valence-electron chi connectivity index (χ2n) is 5.96. The maximum atomic E-state index is 12.7. The maximum Gasteiger partial charge on any atom is 0.412 e. The van der Waals surface area contributed by atoms with Crippen molar-refractivity contribution < 1.29 is 22.7 Å². The molecule has 0 aliphatic carbocycles. The van der Waals surface area contributed by atoms with Gasteiger partial charge in [-0.3, -0.25) is 5.32 Å². The van der Waals surface area contributed by atoms with Crippen LogP contribution in [0.2, 0.25) is 0 Å². The summed E-state index contributed by atoms with van der Waals surface area (Å²) in [6.45, 7) is 5.22. The number of carbonyl (C=O) groups excluding carboxylic acids is 1. The summed E-state index contributed by atoms with van der Waals surface area (Å²) in [6.07, 6.45) is -5.89. The van der Waals surface area contributed by atoms with Gasteiger partial charge in [-0.25, -0.2) is 4.79 Å². The fraction of sp³-hybridized carbons (Fsp3) is 0.400. The van der Waals surface area contributed by atoms with Crippen LogP contribution in [0.4, 0.5) is 23.7 Å². The van der Waals surface area contributed by atoms with Crippen molar-refractivity contribution in [1.82, 2.24) is 0 Å². The molecule has 126 valence electrons. The lowest BCUT2D eigenvalue weighted by atomic mass is 10.1. The molecule has 8 heteroatoms. The van der Waals surface area contributed by atoms with Crippen LogP contribution >= 0.6 is 33.9 Å². The van der Waals surface area contributed by atoms with Crippen molar-refractivity contribution in [3.8, 4) is 0 Å². The van der Waals surface area contributed by atoms with E-state index in [1.165, 1.54) is 11.3 Å². The predicted molar refractivity (Wildman–Crippen MR) is 94.2 cm³/mol. The first kappa shape index (κ1) is 18.3. The van der Waals surface area contributed by atoms with E-state index >= 15 is 0 Å². The molecule has 0 unspecified atom stereocenters. The molecule has 1 heterocycles. The van der Waals surface area contributed by atoms with Crippen molar-refractivity contribution in [1.29, 1.82) is 0 Å². The van der Waals surface area contributed by atoms with E-state index < -0.39 is 24.3 Å². The lowest BCUT2D eigenvalue weighted by molar-refractivity contribution is -0.127. The highest BCUT2D eigenvalue weighted by Crippen LogP contribution is 2.39. The zero-order valence-electron chi connectivity index (χ0n) is 12.7. The first-order valence-corrected chi connectivity index (χ1v) is 8.62. The van der Waals surface area contributed by atoms with Crippen LogP contribution < -0.4 is 5.32 Å².